The summed E-state index contributed by atoms with van der Waals surface area (Å²) in [5, 5.41) is 4.65. The van der Waals surface area contributed by atoms with Crippen LogP contribution in [0.3, 0.4) is 0 Å². The second-order valence-electron chi connectivity index (χ2n) is 9.17. The van der Waals surface area contributed by atoms with E-state index < -0.39 is 17.6 Å². The van der Waals surface area contributed by atoms with Gasteiger partial charge in [0.05, 0.1) is 31.6 Å². The first-order valence-electron chi connectivity index (χ1n) is 12.6. The number of rotatable bonds is 8. The zero-order valence-corrected chi connectivity index (χ0v) is 20.5. The molecule has 0 aliphatic carbocycles. The fraction of sp³-hybridized carbons (Fsp3) is 0.500. The van der Waals surface area contributed by atoms with Crippen LogP contribution in [0, 0.1) is 11.6 Å². The second kappa shape index (κ2) is 10.9. The molecule has 2 aliphatic heterocycles. The third kappa shape index (κ3) is 5.05. The van der Waals surface area contributed by atoms with E-state index in [4.69, 9.17) is 14.5 Å². The van der Waals surface area contributed by atoms with Crippen LogP contribution in [0.4, 0.5) is 14.6 Å². The molecule has 2 aliphatic rings. The number of benzene rings is 1. The number of ether oxygens (including phenoxy) is 2. The number of carbonyl (C=O) groups excluding carboxylic acids is 1. The summed E-state index contributed by atoms with van der Waals surface area (Å²) in [6.07, 6.45) is 4.73. The van der Waals surface area contributed by atoms with E-state index in [1.807, 2.05) is 11.0 Å². The molecule has 0 unspecified atom stereocenters. The molecule has 192 valence electrons. The summed E-state index contributed by atoms with van der Waals surface area (Å²) in [5.41, 5.74) is 1.75. The Kier molecular flexibility index (Phi) is 7.43. The van der Waals surface area contributed by atoms with Crippen LogP contribution >= 0.6 is 0 Å². The number of nitrogens with zero attached hydrogens (tertiary/aromatic N) is 5. The Morgan fingerprint density at radius 2 is 2.03 bits per heavy atom. The molecular formula is C26H31F2N5O3. The zero-order chi connectivity index (χ0) is 25.1. The minimum Gasteiger partial charge on any atom is -0.462 e. The molecule has 8 nitrogen and oxygen atoms in total. The highest BCUT2D eigenvalue weighted by molar-refractivity contribution is 5.97. The topological polar surface area (TPSA) is 72.2 Å². The summed E-state index contributed by atoms with van der Waals surface area (Å²) >= 11 is 0. The number of anilines is 1. The van der Waals surface area contributed by atoms with Gasteiger partial charge in [0.15, 0.2) is 5.65 Å². The van der Waals surface area contributed by atoms with E-state index in [1.54, 1.807) is 17.6 Å². The Bertz CT molecular complexity index is 1230. The van der Waals surface area contributed by atoms with Crippen molar-refractivity contribution in [2.45, 2.75) is 38.6 Å². The summed E-state index contributed by atoms with van der Waals surface area (Å²) in [6, 6.07) is 5.02. The minimum absolute atomic E-state index is 0.246. The molecule has 0 radical (unpaired) electrons. The van der Waals surface area contributed by atoms with Crippen molar-refractivity contribution >= 4 is 17.4 Å². The number of esters is 1. The Morgan fingerprint density at radius 1 is 1.19 bits per heavy atom. The highest BCUT2D eigenvalue weighted by atomic mass is 19.1. The summed E-state index contributed by atoms with van der Waals surface area (Å²) in [4.78, 5) is 22.1. The van der Waals surface area contributed by atoms with Crippen molar-refractivity contribution < 1.29 is 23.0 Å². The molecular weight excluding hydrogens is 468 g/mol. The predicted octanol–water partition coefficient (Wildman–Crippen LogP) is 3.79. The monoisotopic (exact) mass is 499 g/mol. The van der Waals surface area contributed by atoms with Gasteiger partial charge in [-0.3, -0.25) is 4.90 Å². The molecule has 3 aromatic rings. The maximum atomic E-state index is 14.6. The Morgan fingerprint density at radius 3 is 2.83 bits per heavy atom. The number of aryl methyl sites for hydroxylation is 1. The van der Waals surface area contributed by atoms with Gasteiger partial charge in [0.25, 0.3) is 0 Å². The first-order valence-corrected chi connectivity index (χ1v) is 12.6. The van der Waals surface area contributed by atoms with Crippen LogP contribution in [-0.2, 0) is 15.9 Å². The molecule has 2 aromatic heterocycles. The van der Waals surface area contributed by atoms with Crippen molar-refractivity contribution in [3.8, 4) is 0 Å². The van der Waals surface area contributed by atoms with E-state index in [0.717, 1.165) is 57.8 Å². The predicted molar refractivity (Wildman–Crippen MR) is 130 cm³/mol. The average molecular weight is 500 g/mol. The summed E-state index contributed by atoms with van der Waals surface area (Å²) < 4.78 is 40.8. The first kappa shape index (κ1) is 24.6. The first-order chi connectivity index (χ1) is 17.5. The minimum atomic E-state index is -0.469. The van der Waals surface area contributed by atoms with Crippen molar-refractivity contribution in [3.05, 3.63) is 58.9 Å². The van der Waals surface area contributed by atoms with E-state index in [-0.39, 0.29) is 12.6 Å². The highest BCUT2D eigenvalue weighted by Crippen LogP contribution is 2.37. The highest BCUT2D eigenvalue weighted by Gasteiger charge is 2.31. The van der Waals surface area contributed by atoms with Gasteiger partial charge in [-0.2, -0.15) is 5.10 Å². The van der Waals surface area contributed by atoms with E-state index in [1.165, 1.54) is 6.07 Å². The fourth-order valence-electron chi connectivity index (χ4n) is 5.14. The van der Waals surface area contributed by atoms with Gasteiger partial charge in [0, 0.05) is 31.4 Å². The van der Waals surface area contributed by atoms with Crippen LogP contribution in [0.5, 0.6) is 0 Å². The number of hydrogen-bond donors (Lipinski definition) is 0. The van der Waals surface area contributed by atoms with Crippen molar-refractivity contribution in [2.24, 2.45) is 0 Å². The van der Waals surface area contributed by atoms with E-state index >= 15 is 0 Å². The van der Waals surface area contributed by atoms with Gasteiger partial charge in [0.2, 0.25) is 0 Å². The third-order valence-electron chi connectivity index (χ3n) is 6.88. The molecule has 0 bridgehead atoms. The Labute approximate surface area is 208 Å². The molecule has 4 heterocycles. The lowest BCUT2D eigenvalue weighted by Gasteiger charge is -2.26. The molecule has 5 rings (SSSR count). The van der Waals surface area contributed by atoms with Gasteiger partial charge in [-0.1, -0.05) is 0 Å². The maximum Gasteiger partial charge on any atom is 0.343 e. The van der Waals surface area contributed by atoms with Gasteiger partial charge in [-0.15, -0.1) is 0 Å². The van der Waals surface area contributed by atoms with Crippen molar-refractivity contribution in [2.75, 3.05) is 50.9 Å². The van der Waals surface area contributed by atoms with E-state index in [9.17, 15) is 13.6 Å². The third-order valence-corrected chi connectivity index (χ3v) is 6.88. The maximum absolute atomic E-state index is 14.6. The van der Waals surface area contributed by atoms with E-state index in [0.29, 0.717) is 47.7 Å². The van der Waals surface area contributed by atoms with Crippen molar-refractivity contribution in [1.82, 2.24) is 19.5 Å². The van der Waals surface area contributed by atoms with Crippen LogP contribution < -0.4 is 4.90 Å². The second-order valence-corrected chi connectivity index (χ2v) is 9.17. The molecule has 36 heavy (non-hydrogen) atoms. The van der Waals surface area contributed by atoms with Gasteiger partial charge in [-0.25, -0.2) is 23.1 Å². The molecule has 0 spiro atoms. The van der Waals surface area contributed by atoms with Gasteiger partial charge in [0.1, 0.15) is 23.0 Å². The molecule has 10 heteroatoms. The molecule has 0 N–H and O–H groups in total. The van der Waals surface area contributed by atoms with Crippen LogP contribution in [-0.4, -0.2) is 71.5 Å². The van der Waals surface area contributed by atoms with Crippen LogP contribution in [0.2, 0.25) is 0 Å². The standard InChI is InChI=1S/C26H31F2N5O3/c1-2-36-26(34)24-21(5-3-10-31-13-15-35-16-14-31)30-33-12-9-23(29-25(24)33)32-11-4-6-22(32)19-17-18(27)7-8-20(19)28/h7-9,12,17,22H,2-6,10-11,13-16H2,1H3/t22-/m1/s1. The number of hydrogen-bond acceptors (Lipinski definition) is 7. The lowest BCUT2D eigenvalue weighted by molar-refractivity contribution is 0.0374. The van der Waals surface area contributed by atoms with Crippen molar-refractivity contribution in [3.63, 3.8) is 0 Å². The number of aromatic nitrogens is 3. The molecule has 1 atom stereocenters. The summed E-state index contributed by atoms with van der Waals surface area (Å²) in [7, 11) is 0. The smallest absolute Gasteiger partial charge is 0.343 e. The Balaban J connectivity index is 1.44. The molecule has 2 saturated heterocycles. The molecule has 0 saturated carbocycles. The largest absolute Gasteiger partial charge is 0.462 e. The number of carbonyl (C=O) groups is 1. The normalized spacial score (nSPS) is 18.8. The number of fused-ring (bicyclic) bond motifs is 1. The average Bonchev–Trinajstić information content (AvgIpc) is 3.50. The lowest BCUT2D eigenvalue weighted by atomic mass is 10.0. The Hall–Kier alpha value is -3.11. The fourth-order valence-corrected chi connectivity index (χ4v) is 5.14. The number of morpholine rings is 1. The molecule has 2 fully saturated rings. The van der Waals surface area contributed by atoms with Gasteiger partial charge < -0.3 is 14.4 Å². The summed E-state index contributed by atoms with van der Waals surface area (Å²) in [5.74, 6) is -0.760. The van der Waals surface area contributed by atoms with E-state index in [2.05, 4.69) is 10.00 Å². The lowest BCUT2D eigenvalue weighted by Crippen LogP contribution is -2.37. The van der Waals surface area contributed by atoms with Crippen molar-refractivity contribution in [1.29, 1.82) is 0 Å². The van der Waals surface area contributed by atoms with Crippen LogP contribution in [0.1, 0.15) is 53.8 Å². The molecule has 0 amide bonds. The van der Waals surface area contributed by atoms with Crippen LogP contribution in [0.25, 0.3) is 5.65 Å². The molecule has 1 aromatic carbocycles. The zero-order valence-electron chi connectivity index (χ0n) is 20.5. The van der Waals surface area contributed by atoms with Gasteiger partial charge in [-0.05, 0) is 63.4 Å². The SMILES string of the molecule is CCOC(=O)c1c(CCCN2CCOCC2)nn2ccc(N3CCC[C@@H]3c3cc(F)ccc3F)nc12. The summed E-state index contributed by atoms with van der Waals surface area (Å²) in [6.45, 7) is 6.86. The van der Waals surface area contributed by atoms with Crippen LogP contribution in [0.15, 0.2) is 30.5 Å². The number of halogens is 2. The van der Waals surface area contributed by atoms with Gasteiger partial charge >= 0.3 is 5.97 Å². The quantitative estimate of drug-likeness (QED) is 0.437.